The first-order valence-corrected chi connectivity index (χ1v) is 9.51. The van der Waals surface area contributed by atoms with Crippen LogP contribution in [0.25, 0.3) is 10.9 Å². The Morgan fingerprint density at radius 1 is 1.16 bits per heavy atom. The summed E-state index contributed by atoms with van der Waals surface area (Å²) in [5.74, 6) is 1.35. The molecule has 5 nitrogen and oxygen atoms in total. The molecule has 25 heavy (non-hydrogen) atoms. The highest BCUT2D eigenvalue weighted by molar-refractivity contribution is 7.84. The third-order valence-electron chi connectivity index (χ3n) is 3.89. The molecule has 2 heterocycles. The Morgan fingerprint density at radius 2 is 2.04 bits per heavy atom. The molecule has 1 aromatic carbocycles. The molecule has 1 unspecified atom stereocenters. The van der Waals surface area contributed by atoms with E-state index in [-0.39, 0.29) is 5.56 Å². The number of pyridine rings is 2. The van der Waals surface area contributed by atoms with Crippen LogP contribution in [0.1, 0.15) is 18.4 Å². The minimum atomic E-state index is -1.06. The third kappa shape index (κ3) is 4.54. The molecule has 0 amide bonds. The first-order valence-electron chi connectivity index (χ1n) is 8.19. The minimum absolute atomic E-state index is 0.0976. The maximum Gasteiger partial charge on any atom is 0.248 e. The summed E-state index contributed by atoms with van der Waals surface area (Å²) in [7, 11) is -1.06. The van der Waals surface area contributed by atoms with Gasteiger partial charge in [-0.1, -0.05) is 6.07 Å². The van der Waals surface area contributed by atoms with Crippen molar-refractivity contribution >= 4 is 21.7 Å². The van der Waals surface area contributed by atoms with Crippen molar-refractivity contribution in [2.75, 3.05) is 12.4 Å². The molecule has 0 radical (unpaired) electrons. The summed E-state index contributed by atoms with van der Waals surface area (Å²) in [4.78, 5) is 18.4. The summed E-state index contributed by atoms with van der Waals surface area (Å²) in [6.45, 7) is 2.47. The van der Waals surface area contributed by atoms with Crippen molar-refractivity contribution in [3.05, 3.63) is 64.6 Å². The topological polar surface area (TPSA) is 72.1 Å². The number of aryl methyl sites for hydroxylation is 1. The Kier molecular flexibility index (Phi) is 5.60. The van der Waals surface area contributed by atoms with Crippen LogP contribution in [0.3, 0.4) is 0 Å². The molecule has 0 saturated heterocycles. The van der Waals surface area contributed by atoms with Crippen LogP contribution in [-0.4, -0.2) is 26.5 Å². The van der Waals surface area contributed by atoms with Crippen molar-refractivity contribution in [2.45, 2.75) is 24.8 Å². The molecular weight excluding hydrogens is 336 g/mol. The number of ether oxygens (including phenoxy) is 1. The predicted octanol–water partition coefficient (Wildman–Crippen LogP) is 3.20. The fourth-order valence-corrected chi connectivity index (χ4v) is 3.69. The summed E-state index contributed by atoms with van der Waals surface area (Å²) in [5.41, 5.74) is 1.64. The normalized spacial score (nSPS) is 12.2. The number of aromatic nitrogens is 2. The Morgan fingerprint density at radius 3 is 2.84 bits per heavy atom. The molecule has 1 N–H and O–H groups in total. The minimum Gasteiger partial charge on any atom is -0.494 e. The maximum atomic E-state index is 12.1. The highest BCUT2D eigenvalue weighted by Gasteiger charge is 2.05. The second-order valence-corrected chi connectivity index (χ2v) is 7.31. The van der Waals surface area contributed by atoms with Gasteiger partial charge in [0.25, 0.3) is 0 Å². The number of benzene rings is 1. The summed E-state index contributed by atoms with van der Waals surface area (Å²) in [6.07, 6.45) is 3.29. The number of unbranched alkanes of at least 4 members (excludes halogenated alkanes) is 1. The van der Waals surface area contributed by atoms with Crippen molar-refractivity contribution < 1.29 is 8.95 Å². The zero-order chi connectivity index (χ0) is 17.6. The maximum absolute atomic E-state index is 12.1. The summed E-state index contributed by atoms with van der Waals surface area (Å²) in [6, 6.07) is 12.7. The van der Waals surface area contributed by atoms with Gasteiger partial charge in [-0.2, -0.15) is 0 Å². The first-order chi connectivity index (χ1) is 12.1. The van der Waals surface area contributed by atoms with Gasteiger partial charge >= 0.3 is 0 Å². The van der Waals surface area contributed by atoms with Crippen molar-refractivity contribution in [2.24, 2.45) is 0 Å². The van der Waals surface area contributed by atoms with E-state index in [9.17, 15) is 9.00 Å². The van der Waals surface area contributed by atoms with Gasteiger partial charge < -0.3 is 9.72 Å². The van der Waals surface area contributed by atoms with Gasteiger partial charge in [-0.25, -0.2) is 4.98 Å². The van der Waals surface area contributed by atoms with Gasteiger partial charge in [-0.15, -0.1) is 0 Å². The number of nitrogens with zero attached hydrogens (tertiary/aromatic N) is 1. The lowest BCUT2D eigenvalue weighted by atomic mass is 10.1. The van der Waals surface area contributed by atoms with Crippen molar-refractivity contribution in [1.82, 2.24) is 9.97 Å². The van der Waals surface area contributed by atoms with E-state index in [4.69, 9.17) is 4.74 Å². The van der Waals surface area contributed by atoms with Crippen LogP contribution in [-0.2, 0) is 10.8 Å². The van der Waals surface area contributed by atoms with E-state index in [1.54, 1.807) is 18.3 Å². The van der Waals surface area contributed by atoms with Gasteiger partial charge in [0.15, 0.2) is 0 Å². The molecule has 0 saturated carbocycles. The lowest BCUT2D eigenvalue weighted by Crippen LogP contribution is -2.05. The standard InChI is InChI=1S/C19H20N2O3S/c1-14-12-18(22)21-17-8-7-15(13-16(14)17)24-10-4-5-11-25(23)19-6-2-3-9-20-19/h2-3,6-9,12-13H,4-5,10-11H2,1H3,(H,21,22). The molecule has 3 rings (SSSR count). The summed E-state index contributed by atoms with van der Waals surface area (Å²) < 4.78 is 17.8. The Balaban J connectivity index is 1.50. The largest absolute Gasteiger partial charge is 0.494 e. The number of fused-ring (bicyclic) bond motifs is 1. The monoisotopic (exact) mass is 356 g/mol. The number of hydrogen-bond acceptors (Lipinski definition) is 4. The Hall–Kier alpha value is -2.47. The van der Waals surface area contributed by atoms with Crippen LogP contribution in [0.4, 0.5) is 0 Å². The van der Waals surface area contributed by atoms with E-state index >= 15 is 0 Å². The molecule has 0 spiro atoms. The summed E-state index contributed by atoms with van der Waals surface area (Å²) in [5, 5.41) is 1.61. The number of H-pyrrole nitrogens is 1. The molecule has 0 bridgehead atoms. The fourth-order valence-electron chi connectivity index (χ4n) is 2.60. The van der Waals surface area contributed by atoms with E-state index in [0.29, 0.717) is 17.4 Å². The Bertz CT molecular complexity index is 938. The zero-order valence-corrected chi connectivity index (χ0v) is 14.8. The molecule has 1 atom stereocenters. The molecule has 0 aliphatic heterocycles. The smallest absolute Gasteiger partial charge is 0.248 e. The van der Waals surface area contributed by atoms with E-state index in [1.165, 1.54) is 0 Å². The zero-order valence-electron chi connectivity index (χ0n) is 14.0. The van der Waals surface area contributed by atoms with Gasteiger partial charge in [0.05, 0.1) is 17.4 Å². The van der Waals surface area contributed by atoms with Crippen LogP contribution in [0.2, 0.25) is 0 Å². The van der Waals surface area contributed by atoms with Crippen LogP contribution in [0.5, 0.6) is 5.75 Å². The van der Waals surface area contributed by atoms with Gasteiger partial charge in [-0.05, 0) is 55.7 Å². The quantitative estimate of drug-likeness (QED) is 0.660. The molecule has 130 valence electrons. The molecule has 0 aliphatic rings. The lowest BCUT2D eigenvalue weighted by Gasteiger charge is -2.08. The number of rotatable bonds is 7. The second-order valence-electron chi connectivity index (χ2n) is 5.80. The molecule has 0 aliphatic carbocycles. The second kappa shape index (κ2) is 8.07. The molecule has 3 aromatic rings. The van der Waals surface area contributed by atoms with Gasteiger partial charge in [0.2, 0.25) is 5.56 Å². The molecule has 6 heteroatoms. The van der Waals surface area contributed by atoms with Crippen LogP contribution >= 0.6 is 0 Å². The van der Waals surface area contributed by atoms with E-state index < -0.39 is 10.8 Å². The molecular formula is C19H20N2O3S. The SMILES string of the molecule is Cc1cc(=O)[nH]c2ccc(OCCCCS(=O)c3ccccn3)cc12. The predicted molar refractivity (Wildman–Crippen MR) is 99.5 cm³/mol. The molecule has 2 aromatic heterocycles. The highest BCUT2D eigenvalue weighted by Crippen LogP contribution is 2.21. The average molecular weight is 356 g/mol. The third-order valence-corrected chi connectivity index (χ3v) is 5.25. The van der Waals surface area contributed by atoms with Gasteiger partial charge in [0.1, 0.15) is 10.8 Å². The number of aromatic amines is 1. The van der Waals surface area contributed by atoms with Crippen LogP contribution in [0.15, 0.2) is 58.5 Å². The van der Waals surface area contributed by atoms with Crippen molar-refractivity contribution in [3.8, 4) is 5.75 Å². The number of hydrogen-bond donors (Lipinski definition) is 1. The van der Waals surface area contributed by atoms with Gasteiger partial charge in [-0.3, -0.25) is 9.00 Å². The Labute approximate surface area is 148 Å². The fraction of sp³-hybridized carbons (Fsp3) is 0.263. The average Bonchev–Trinajstić information content (AvgIpc) is 2.62. The number of nitrogens with one attached hydrogen (secondary N) is 1. The van der Waals surface area contributed by atoms with Crippen molar-refractivity contribution in [3.63, 3.8) is 0 Å². The van der Waals surface area contributed by atoms with E-state index in [0.717, 1.165) is 35.1 Å². The molecule has 0 fully saturated rings. The van der Waals surface area contributed by atoms with E-state index in [1.807, 2.05) is 37.3 Å². The first kappa shape index (κ1) is 17.4. The lowest BCUT2D eigenvalue weighted by molar-refractivity contribution is 0.310. The van der Waals surface area contributed by atoms with E-state index in [2.05, 4.69) is 9.97 Å². The van der Waals surface area contributed by atoms with Gasteiger partial charge in [0, 0.05) is 28.9 Å². The van der Waals surface area contributed by atoms with Crippen LogP contribution < -0.4 is 10.3 Å². The summed E-state index contributed by atoms with van der Waals surface area (Å²) >= 11 is 0. The highest BCUT2D eigenvalue weighted by atomic mass is 32.2. The van der Waals surface area contributed by atoms with Crippen molar-refractivity contribution in [1.29, 1.82) is 0 Å². The van der Waals surface area contributed by atoms with Crippen LogP contribution in [0, 0.1) is 6.92 Å².